The van der Waals surface area contributed by atoms with E-state index in [1.54, 1.807) is 6.07 Å². The Labute approximate surface area is 174 Å². The van der Waals surface area contributed by atoms with Gasteiger partial charge in [0.15, 0.2) is 5.82 Å². The van der Waals surface area contributed by atoms with Crippen molar-refractivity contribution in [3.63, 3.8) is 0 Å². The molecule has 2 aromatic heterocycles. The molecule has 0 atom stereocenters. The SMILES string of the molecule is O=C(NC1CCN(c2cc(-c3ccccc3)[nH]n2)CC1)c1ccc2ccccc2n1. The summed E-state index contributed by atoms with van der Waals surface area (Å²) in [5, 5.41) is 11.8. The van der Waals surface area contributed by atoms with Gasteiger partial charge in [-0.15, -0.1) is 0 Å². The van der Waals surface area contributed by atoms with Gasteiger partial charge in [0.25, 0.3) is 5.91 Å². The Kier molecular flexibility index (Phi) is 4.89. The summed E-state index contributed by atoms with van der Waals surface area (Å²) < 4.78 is 0. The molecule has 0 aliphatic carbocycles. The number of anilines is 1. The lowest BCUT2D eigenvalue weighted by molar-refractivity contribution is 0.0926. The molecule has 6 heteroatoms. The van der Waals surface area contributed by atoms with Crippen LogP contribution in [-0.4, -0.2) is 40.2 Å². The fourth-order valence-electron chi connectivity index (χ4n) is 3.94. The number of aromatic amines is 1. The number of piperidine rings is 1. The molecule has 6 nitrogen and oxygen atoms in total. The first-order valence-corrected chi connectivity index (χ1v) is 10.3. The molecular formula is C24H23N5O. The minimum atomic E-state index is -0.106. The molecule has 1 fully saturated rings. The van der Waals surface area contributed by atoms with Crippen LogP contribution in [0.4, 0.5) is 5.82 Å². The zero-order chi connectivity index (χ0) is 20.3. The molecule has 2 N–H and O–H groups in total. The Morgan fingerprint density at radius 3 is 2.57 bits per heavy atom. The van der Waals surface area contributed by atoms with Gasteiger partial charge in [0.2, 0.25) is 0 Å². The van der Waals surface area contributed by atoms with E-state index in [0.717, 1.165) is 53.9 Å². The number of nitrogens with zero attached hydrogens (tertiary/aromatic N) is 3. The van der Waals surface area contributed by atoms with Crippen LogP contribution in [0, 0.1) is 0 Å². The fraction of sp³-hybridized carbons (Fsp3) is 0.208. The number of carbonyl (C=O) groups excluding carboxylic acids is 1. The highest BCUT2D eigenvalue weighted by molar-refractivity contribution is 5.95. The van der Waals surface area contributed by atoms with E-state index in [2.05, 4.69) is 43.6 Å². The van der Waals surface area contributed by atoms with Crippen LogP contribution < -0.4 is 10.2 Å². The summed E-state index contributed by atoms with van der Waals surface area (Å²) in [7, 11) is 0. The minimum Gasteiger partial charge on any atom is -0.355 e. The number of benzene rings is 2. The Morgan fingerprint density at radius 2 is 1.73 bits per heavy atom. The average Bonchev–Trinajstić information content (AvgIpc) is 3.30. The molecule has 0 saturated carbocycles. The summed E-state index contributed by atoms with van der Waals surface area (Å²) in [5.41, 5.74) is 3.45. The number of para-hydroxylation sites is 1. The Morgan fingerprint density at radius 1 is 0.967 bits per heavy atom. The van der Waals surface area contributed by atoms with Crippen LogP contribution in [-0.2, 0) is 0 Å². The van der Waals surface area contributed by atoms with Crippen molar-refractivity contribution in [2.45, 2.75) is 18.9 Å². The largest absolute Gasteiger partial charge is 0.355 e. The molecule has 5 rings (SSSR count). The molecular weight excluding hydrogens is 374 g/mol. The lowest BCUT2D eigenvalue weighted by atomic mass is 10.0. The fourth-order valence-corrected chi connectivity index (χ4v) is 3.94. The number of pyridine rings is 1. The molecule has 0 spiro atoms. The standard InChI is InChI=1S/C24H23N5O/c30-24(21-11-10-18-8-4-5-9-20(18)26-21)25-19-12-14-29(15-13-19)23-16-22(27-28-23)17-6-2-1-3-7-17/h1-11,16,19H,12-15H2,(H,25,30)(H,27,28). The first-order chi connectivity index (χ1) is 14.8. The number of nitrogens with one attached hydrogen (secondary N) is 2. The molecule has 0 radical (unpaired) electrons. The monoisotopic (exact) mass is 397 g/mol. The number of rotatable bonds is 4. The topological polar surface area (TPSA) is 73.9 Å². The molecule has 2 aromatic carbocycles. The molecule has 3 heterocycles. The van der Waals surface area contributed by atoms with Crippen molar-refractivity contribution in [3.05, 3.63) is 78.5 Å². The second-order valence-electron chi connectivity index (χ2n) is 7.63. The second kappa shape index (κ2) is 7.99. The smallest absolute Gasteiger partial charge is 0.270 e. The third-order valence-corrected chi connectivity index (χ3v) is 5.63. The number of hydrogen-bond donors (Lipinski definition) is 2. The molecule has 1 aliphatic heterocycles. The molecule has 150 valence electrons. The van der Waals surface area contributed by atoms with Crippen molar-refractivity contribution in [1.82, 2.24) is 20.5 Å². The predicted molar refractivity (Wildman–Crippen MR) is 118 cm³/mol. The summed E-state index contributed by atoms with van der Waals surface area (Å²) in [6.45, 7) is 1.71. The highest BCUT2D eigenvalue weighted by Crippen LogP contribution is 2.24. The Balaban J connectivity index is 1.20. The summed E-state index contributed by atoms with van der Waals surface area (Å²) >= 11 is 0. The molecule has 1 saturated heterocycles. The van der Waals surface area contributed by atoms with E-state index in [1.807, 2.05) is 48.5 Å². The van der Waals surface area contributed by atoms with E-state index in [1.165, 1.54) is 0 Å². The van der Waals surface area contributed by atoms with Gasteiger partial charge in [-0.2, -0.15) is 5.10 Å². The van der Waals surface area contributed by atoms with Crippen LogP contribution in [0.15, 0.2) is 72.8 Å². The number of hydrogen-bond acceptors (Lipinski definition) is 4. The van der Waals surface area contributed by atoms with Crippen LogP contribution in [0.1, 0.15) is 23.3 Å². The van der Waals surface area contributed by atoms with Crippen LogP contribution in [0.2, 0.25) is 0 Å². The average molecular weight is 397 g/mol. The maximum Gasteiger partial charge on any atom is 0.270 e. The van der Waals surface area contributed by atoms with Crippen molar-refractivity contribution in [1.29, 1.82) is 0 Å². The quantitative estimate of drug-likeness (QED) is 0.545. The summed E-state index contributed by atoms with van der Waals surface area (Å²) in [4.78, 5) is 19.4. The van der Waals surface area contributed by atoms with Crippen LogP contribution in [0.3, 0.4) is 0 Å². The van der Waals surface area contributed by atoms with Crippen LogP contribution >= 0.6 is 0 Å². The third-order valence-electron chi connectivity index (χ3n) is 5.63. The minimum absolute atomic E-state index is 0.106. The van der Waals surface area contributed by atoms with Gasteiger partial charge in [-0.05, 0) is 30.5 Å². The van der Waals surface area contributed by atoms with E-state index >= 15 is 0 Å². The highest BCUT2D eigenvalue weighted by atomic mass is 16.1. The van der Waals surface area contributed by atoms with E-state index in [0.29, 0.717) is 5.69 Å². The second-order valence-corrected chi connectivity index (χ2v) is 7.63. The maximum absolute atomic E-state index is 12.7. The molecule has 4 aromatic rings. The third kappa shape index (κ3) is 3.76. The number of aromatic nitrogens is 3. The first-order valence-electron chi connectivity index (χ1n) is 10.3. The number of H-pyrrole nitrogens is 1. The Bertz CT molecular complexity index is 1160. The van der Waals surface area contributed by atoms with E-state index < -0.39 is 0 Å². The molecule has 1 aliphatic rings. The maximum atomic E-state index is 12.7. The normalized spacial score (nSPS) is 14.7. The highest BCUT2D eigenvalue weighted by Gasteiger charge is 2.23. The van der Waals surface area contributed by atoms with Crippen molar-refractivity contribution in [2.24, 2.45) is 0 Å². The van der Waals surface area contributed by atoms with Crippen molar-refractivity contribution in [2.75, 3.05) is 18.0 Å². The molecule has 0 bridgehead atoms. The number of fused-ring (bicyclic) bond motifs is 1. The van der Waals surface area contributed by atoms with Crippen LogP contribution in [0.5, 0.6) is 0 Å². The van der Waals surface area contributed by atoms with Crippen molar-refractivity contribution < 1.29 is 4.79 Å². The zero-order valence-corrected chi connectivity index (χ0v) is 16.6. The van der Waals surface area contributed by atoms with E-state index in [4.69, 9.17) is 0 Å². The number of amides is 1. The van der Waals surface area contributed by atoms with Gasteiger partial charge < -0.3 is 10.2 Å². The lowest BCUT2D eigenvalue weighted by Gasteiger charge is -2.32. The Hall–Kier alpha value is -3.67. The number of carbonyl (C=O) groups is 1. The molecule has 0 unspecified atom stereocenters. The molecule has 30 heavy (non-hydrogen) atoms. The van der Waals surface area contributed by atoms with Crippen molar-refractivity contribution >= 4 is 22.6 Å². The van der Waals surface area contributed by atoms with Gasteiger partial charge in [-0.1, -0.05) is 54.6 Å². The van der Waals surface area contributed by atoms with Gasteiger partial charge >= 0.3 is 0 Å². The van der Waals surface area contributed by atoms with Gasteiger partial charge in [-0.3, -0.25) is 9.89 Å². The van der Waals surface area contributed by atoms with Gasteiger partial charge in [0.1, 0.15) is 5.69 Å². The van der Waals surface area contributed by atoms with Crippen molar-refractivity contribution in [3.8, 4) is 11.3 Å². The van der Waals surface area contributed by atoms with Gasteiger partial charge in [0.05, 0.1) is 11.2 Å². The summed E-state index contributed by atoms with van der Waals surface area (Å²) in [5.74, 6) is 0.847. The van der Waals surface area contributed by atoms with Crippen LogP contribution in [0.25, 0.3) is 22.2 Å². The first kappa shape index (κ1) is 18.4. The molecule has 1 amide bonds. The summed E-state index contributed by atoms with van der Waals surface area (Å²) in [6.07, 6.45) is 1.76. The van der Waals surface area contributed by atoms with Gasteiger partial charge in [-0.25, -0.2) is 4.98 Å². The predicted octanol–water partition coefficient (Wildman–Crippen LogP) is 4.02. The van der Waals surface area contributed by atoms with E-state index in [9.17, 15) is 4.79 Å². The lowest BCUT2D eigenvalue weighted by Crippen LogP contribution is -2.45. The summed E-state index contributed by atoms with van der Waals surface area (Å²) in [6, 6.07) is 24.0. The van der Waals surface area contributed by atoms with E-state index in [-0.39, 0.29) is 11.9 Å². The zero-order valence-electron chi connectivity index (χ0n) is 16.6. The van der Waals surface area contributed by atoms with Gasteiger partial charge in [0, 0.05) is 30.6 Å².